The molecular formula is C10H12BrN3O. The summed E-state index contributed by atoms with van der Waals surface area (Å²) >= 11 is 3.56. The quantitative estimate of drug-likeness (QED) is 0.829. The first-order valence-corrected chi connectivity index (χ1v) is 5.89. The van der Waals surface area contributed by atoms with Gasteiger partial charge in [0.2, 0.25) is 0 Å². The summed E-state index contributed by atoms with van der Waals surface area (Å²) in [7, 11) is 0. The Bertz CT molecular complexity index is 344. The molecule has 1 aromatic rings. The molecule has 0 bridgehead atoms. The predicted molar refractivity (Wildman–Crippen MR) is 59.9 cm³/mol. The molecule has 1 aromatic heterocycles. The molecule has 0 aliphatic heterocycles. The highest BCUT2D eigenvalue weighted by Gasteiger charge is 2.26. The van der Waals surface area contributed by atoms with E-state index in [1.807, 2.05) is 0 Å². The molecule has 15 heavy (non-hydrogen) atoms. The van der Waals surface area contributed by atoms with Gasteiger partial charge in [0, 0.05) is 23.3 Å². The highest BCUT2D eigenvalue weighted by molar-refractivity contribution is 9.09. The molecule has 1 saturated carbocycles. The summed E-state index contributed by atoms with van der Waals surface area (Å²) in [6.45, 7) is 0. The highest BCUT2D eigenvalue weighted by Crippen LogP contribution is 2.25. The van der Waals surface area contributed by atoms with E-state index in [4.69, 9.17) is 0 Å². The molecule has 80 valence electrons. The summed E-state index contributed by atoms with van der Waals surface area (Å²) in [4.78, 5) is 19.8. The van der Waals surface area contributed by atoms with Crippen molar-refractivity contribution in [3.05, 3.63) is 24.3 Å². The maximum atomic E-state index is 11.7. The Kier molecular flexibility index (Phi) is 3.30. The number of rotatable bonds is 2. The van der Waals surface area contributed by atoms with Gasteiger partial charge in [0.05, 0.1) is 5.56 Å². The van der Waals surface area contributed by atoms with Crippen molar-refractivity contribution in [3.63, 3.8) is 0 Å². The van der Waals surface area contributed by atoms with Gasteiger partial charge in [0.15, 0.2) is 0 Å². The van der Waals surface area contributed by atoms with E-state index in [9.17, 15) is 4.79 Å². The molecular weight excluding hydrogens is 258 g/mol. The van der Waals surface area contributed by atoms with E-state index in [0.29, 0.717) is 10.4 Å². The lowest BCUT2D eigenvalue weighted by Crippen LogP contribution is -2.37. The van der Waals surface area contributed by atoms with Crippen LogP contribution in [0, 0.1) is 0 Å². The van der Waals surface area contributed by atoms with Crippen LogP contribution in [0.5, 0.6) is 0 Å². The van der Waals surface area contributed by atoms with Crippen molar-refractivity contribution < 1.29 is 4.79 Å². The van der Waals surface area contributed by atoms with Crippen molar-refractivity contribution >= 4 is 21.8 Å². The number of halogens is 1. The van der Waals surface area contributed by atoms with E-state index in [0.717, 1.165) is 19.3 Å². The number of hydrogen-bond acceptors (Lipinski definition) is 3. The topological polar surface area (TPSA) is 54.9 Å². The minimum Gasteiger partial charge on any atom is -0.348 e. The van der Waals surface area contributed by atoms with Gasteiger partial charge in [0.1, 0.15) is 6.33 Å². The van der Waals surface area contributed by atoms with Crippen LogP contribution >= 0.6 is 15.9 Å². The lowest BCUT2D eigenvalue weighted by molar-refractivity contribution is 0.0938. The second-order valence-electron chi connectivity index (χ2n) is 3.65. The maximum absolute atomic E-state index is 11.7. The van der Waals surface area contributed by atoms with Gasteiger partial charge in [-0.2, -0.15) is 0 Å². The van der Waals surface area contributed by atoms with Crippen LogP contribution in [0.15, 0.2) is 18.7 Å². The van der Waals surface area contributed by atoms with Crippen LogP contribution in [0.4, 0.5) is 0 Å². The molecule has 1 aliphatic carbocycles. The highest BCUT2D eigenvalue weighted by atomic mass is 79.9. The fourth-order valence-electron chi connectivity index (χ4n) is 1.75. The van der Waals surface area contributed by atoms with E-state index in [2.05, 4.69) is 31.2 Å². The molecule has 1 heterocycles. The molecule has 4 nitrogen and oxygen atoms in total. The number of aromatic nitrogens is 2. The van der Waals surface area contributed by atoms with E-state index >= 15 is 0 Å². The minimum atomic E-state index is -0.0908. The summed E-state index contributed by atoms with van der Waals surface area (Å²) in [5, 5.41) is 2.98. The van der Waals surface area contributed by atoms with E-state index in [1.165, 1.54) is 18.7 Å². The number of amides is 1. The van der Waals surface area contributed by atoms with Gasteiger partial charge in [-0.1, -0.05) is 22.4 Å². The second-order valence-corrected chi connectivity index (χ2v) is 4.83. The molecule has 1 amide bonds. The van der Waals surface area contributed by atoms with E-state index in [-0.39, 0.29) is 11.9 Å². The SMILES string of the molecule is O=C(NC1CCCC1Br)c1cncnc1. The smallest absolute Gasteiger partial charge is 0.254 e. The van der Waals surface area contributed by atoms with Gasteiger partial charge in [-0.3, -0.25) is 4.79 Å². The third kappa shape index (κ3) is 2.53. The maximum Gasteiger partial charge on any atom is 0.254 e. The molecule has 0 radical (unpaired) electrons. The molecule has 2 atom stereocenters. The summed E-state index contributed by atoms with van der Waals surface area (Å²) in [6.07, 6.45) is 7.79. The molecule has 1 fully saturated rings. The van der Waals surface area contributed by atoms with Crippen molar-refractivity contribution in [2.75, 3.05) is 0 Å². The number of carbonyl (C=O) groups is 1. The lowest BCUT2D eigenvalue weighted by Gasteiger charge is -2.15. The Hall–Kier alpha value is -0.970. The van der Waals surface area contributed by atoms with Gasteiger partial charge in [0.25, 0.3) is 5.91 Å². The van der Waals surface area contributed by atoms with Crippen LogP contribution in [0.3, 0.4) is 0 Å². The van der Waals surface area contributed by atoms with Gasteiger partial charge in [-0.15, -0.1) is 0 Å². The summed E-state index contributed by atoms with van der Waals surface area (Å²) in [6, 6.07) is 0.234. The average Bonchev–Trinajstić information content (AvgIpc) is 2.66. The normalized spacial score (nSPS) is 25.1. The number of hydrogen-bond donors (Lipinski definition) is 1. The molecule has 0 aromatic carbocycles. The Balaban J connectivity index is 1.98. The van der Waals surface area contributed by atoms with Crippen molar-refractivity contribution in [1.82, 2.24) is 15.3 Å². The van der Waals surface area contributed by atoms with Crippen LogP contribution in [0.25, 0.3) is 0 Å². The summed E-state index contributed by atoms with van der Waals surface area (Å²) in [5.74, 6) is -0.0908. The first kappa shape index (κ1) is 10.5. The molecule has 2 unspecified atom stereocenters. The monoisotopic (exact) mass is 269 g/mol. The molecule has 2 rings (SSSR count). The summed E-state index contributed by atoms with van der Waals surface area (Å²) < 4.78 is 0. The lowest BCUT2D eigenvalue weighted by atomic mass is 10.2. The van der Waals surface area contributed by atoms with Crippen LogP contribution < -0.4 is 5.32 Å². The average molecular weight is 270 g/mol. The Morgan fingerprint density at radius 2 is 2.13 bits per heavy atom. The molecule has 0 saturated heterocycles. The molecule has 1 N–H and O–H groups in total. The fourth-order valence-corrected chi connectivity index (χ4v) is 2.47. The zero-order chi connectivity index (χ0) is 10.7. The van der Waals surface area contributed by atoms with Crippen molar-refractivity contribution in [2.45, 2.75) is 30.1 Å². The number of alkyl halides is 1. The van der Waals surface area contributed by atoms with Crippen molar-refractivity contribution in [1.29, 1.82) is 0 Å². The minimum absolute atomic E-state index is 0.0908. The summed E-state index contributed by atoms with van der Waals surface area (Å²) in [5.41, 5.74) is 0.518. The largest absolute Gasteiger partial charge is 0.348 e. The zero-order valence-corrected chi connectivity index (χ0v) is 9.77. The fraction of sp³-hybridized carbons (Fsp3) is 0.500. The predicted octanol–water partition coefficient (Wildman–Crippen LogP) is 1.52. The van der Waals surface area contributed by atoms with E-state index < -0.39 is 0 Å². The third-order valence-corrected chi connectivity index (χ3v) is 3.67. The number of carbonyl (C=O) groups excluding carboxylic acids is 1. The molecule has 5 heteroatoms. The second kappa shape index (κ2) is 4.70. The van der Waals surface area contributed by atoms with Crippen LogP contribution in [0.1, 0.15) is 29.6 Å². The molecule has 1 aliphatic rings. The molecule has 0 spiro atoms. The first-order chi connectivity index (χ1) is 7.27. The Morgan fingerprint density at radius 1 is 1.40 bits per heavy atom. The third-order valence-electron chi connectivity index (χ3n) is 2.57. The van der Waals surface area contributed by atoms with Crippen molar-refractivity contribution in [3.8, 4) is 0 Å². The van der Waals surface area contributed by atoms with Gasteiger partial charge < -0.3 is 5.32 Å². The standard InChI is InChI=1S/C10H12BrN3O/c11-8-2-1-3-9(8)14-10(15)7-4-12-6-13-5-7/h4-6,8-9H,1-3H2,(H,14,15). The first-order valence-electron chi connectivity index (χ1n) is 4.97. The number of nitrogens with one attached hydrogen (secondary N) is 1. The Labute approximate surface area is 96.6 Å². The van der Waals surface area contributed by atoms with Gasteiger partial charge in [-0.05, 0) is 12.8 Å². The van der Waals surface area contributed by atoms with Crippen molar-refractivity contribution in [2.24, 2.45) is 0 Å². The van der Waals surface area contributed by atoms with E-state index in [1.54, 1.807) is 0 Å². The van der Waals surface area contributed by atoms with Crippen LogP contribution in [0.2, 0.25) is 0 Å². The van der Waals surface area contributed by atoms with Crippen LogP contribution in [-0.4, -0.2) is 26.7 Å². The number of nitrogens with zero attached hydrogens (tertiary/aromatic N) is 2. The Morgan fingerprint density at radius 3 is 2.73 bits per heavy atom. The van der Waals surface area contributed by atoms with Gasteiger partial charge >= 0.3 is 0 Å². The zero-order valence-electron chi connectivity index (χ0n) is 8.19. The van der Waals surface area contributed by atoms with Crippen LogP contribution in [-0.2, 0) is 0 Å². The van der Waals surface area contributed by atoms with Gasteiger partial charge in [-0.25, -0.2) is 9.97 Å².